The van der Waals surface area contributed by atoms with E-state index in [1.165, 1.54) is 10.8 Å². The van der Waals surface area contributed by atoms with Gasteiger partial charge in [0.15, 0.2) is 0 Å². The molecule has 0 radical (unpaired) electrons. The Morgan fingerprint density at radius 3 is 2.67 bits per heavy atom. The zero-order chi connectivity index (χ0) is 13.7. The molecular weight excluding hydrogens is 236 g/mol. The van der Waals surface area contributed by atoms with E-state index in [-0.39, 0.29) is 18.1 Å². The van der Waals surface area contributed by atoms with Crippen molar-refractivity contribution in [2.75, 3.05) is 6.61 Å². The number of carbonyl (C=O) groups excluding carboxylic acids is 1. The Labute approximate surface area is 105 Å². The first-order valence-electron chi connectivity index (χ1n) is 5.98. The van der Waals surface area contributed by atoms with Crippen LogP contribution in [-0.2, 0) is 22.5 Å². The van der Waals surface area contributed by atoms with Crippen molar-refractivity contribution in [3.63, 3.8) is 0 Å². The number of nitrogens with one attached hydrogen (secondary N) is 1. The molecule has 1 rings (SSSR count). The summed E-state index contributed by atoms with van der Waals surface area (Å²) in [7, 11) is 0. The minimum atomic E-state index is -0.506. The Morgan fingerprint density at radius 2 is 2.11 bits per heavy atom. The second kappa shape index (κ2) is 6.18. The third-order valence-corrected chi connectivity index (χ3v) is 2.63. The summed E-state index contributed by atoms with van der Waals surface area (Å²) in [5.74, 6) is -0.785. The smallest absolute Gasteiger partial charge is 0.328 e. The number of hydrogen-bond acceptors (Lipinski definition) is 4. The van der Waals surface area contributed by atoms with Crippen LogP contribution in [-0.4, -0.2) is 22.1 Å². The average molecular weight is 254 g/mol. The van der Waals surface area contributed by atoms with Crippen LogP contribution in [0.25, 0.3) is 0 Å². The lowest BCUT2D eigenvalue weighted by Gasteiger charge is -2.12. The second-order valence-corrected chi connectivity index (χ2v) is 4.07. The maximum absolute atomic E-state index is 11.6. The number of hydrogen-bond donors (Lipinski definition) is 1. The van der Waals surface area contributed by atoms with Gasteiger partial charge in [-0.3, -0.25) is 19.1 Å². The second-order valence-electron chi connectivity index (χ2n) is 4.07. The highest BCUT2D eigenvalue weighted by molar-refractivity contribution is 5.71. The largest absolute Gasteiger partial charge is 0.466 e. The minimum Gasteiger partial charge on any atom is -0.466 e. The van der Waals surface area contributed by atoms with Crippen molar-refractivity contribution in [3.05, 3.63) is 32.6 Å². The fraction of sp³-hybridized carbons (Fsp3) is 0.583. The number of esters is 1. The summed E-state index contributed by atoms with van der Waals surface area (Å²) in [5.41, 5.74) is -0.360. The zero-order valence-corrected chi connectivity index (χ0v) is 10.9. The SMILES string of the molecule is CCOC(=O)C(C)Cn1cc(CC)c(=O)[nH]c1=O. The van der Waals surface area contributed by atoms with E-state index in [4.69, 9.17) is 4.74 Å². The van der Waals surface area contributed by atoms with Gasteiger partial charge in [0.05, 0.1) is 12.5 Å². The molecule has 6 nitrogen and oxygen atoms in total. The van der Waals surface area contributed by atoms with Crippen LogP contribution in [0, 0.1) is 5.92 Å². The van der Waals surface area contributed by atoms with Gasteiger partial charge in [-0.15, -0.1) is 0 Å². The van der Waals surface area contributed by atoms with Crippen LogP contribution in [0.1, 0.15) is 26.3 Å². The van der Waals surface area contributed by atoms with Gasteiger partial charge in [0, 0.05) is 18.3 Å². The third kappa shape index (κ3) is 3.32. The minimum absolute atomic E-state index is 0.196. The van der Waals surface area contributed by atoms with E-state index in [0.717, 1.165) is 0 Å². The van der Waals surface area contributed by atoms with Gasteiger partial charge in [-0.1, -0.05) is 13.8 Å². The summed E-state index contributed by atoms with van der Waals surface area (Å²) < 4.78 is 6.20. The van der Waals surface area contributed by atoms with Crippen molar-refractivity contribution >= 4 is 5.97 Å². The molecule has 1 N–H and O–H groups in total. The average Bonchev–Trinajstić information content (AvgIpc) is 2.32. The van der Waals surface area contributed by atoms with Crippen LogP contribution in [0.4, 0.5) is 0 Å². The molecule has 0 aliphatic carbocycles. The molecule has 0 aromatic carbocycles. The fourth-order valence-electron chi connectivity index (χ4n) is 1.60. The van der Waals surface area contributed by atoms with Crippen LogP contribution in [0.3, 0.4) is 0 Å². The lowest BCUT2D eigenvalue weighted by atomic mass is 10.2. The maximum Gasteiger partial charge on any atom is 0.328 e. The Balaban J connectivity index is 2.94. The summed E-state index contributed by atoms with van der Waals surface area (Å²) in [4.78, 5) is 36.7. The normalized spacial score (nSPS) is 12.2. The highest BCUT2D eigenvalue weighted by Crippen LogP contribution is 2.02. The highest BCUT2D eigenvalue weighted by Gasteiger charge is 2.15. The molecule has 18 heavy (non-hydrogen) atoms. The van der Waals surface area contributed by atoms with E-state index in [2.05, 4.69) is 4.98 Å². The van der Waals surface area contributed by atoms with Gasteiger partial charge in [-0.05, 0) is 13.3 Å². The fourth-order valence-corrected chi connectivity index (χ4v) is 1.60. The Bertz CT molecular complexity index is 530. The molecule has 0 amide bonds. The lowest BCUT2D eigenvalue weighted by Crippen LogP contribution is -2.34. The van der Waals surface area contributed by atoms with Crippen molar-refractivity contribution in [3.8, 4) is 0 Å². The number of carbonyl (C=O) groups is 1. The predicted octanol–water partition coefficient (Wildman–Crippen LogP) is 0.298. The van der Waals surface area contributed by atoms with Gasteiger partial charge >= 0.3 is 11.7 Å². The first kappa shape index (κ1) is 14.2. The first-order chi connectivity index (χ1) is 8.49. The molecule has 0 saturated heterocycles. The standard InChI is InChI=1S/C12H18N2O4/c1-4-9-7-14(12(17)13-10(9)15)6-8(3)11(16)18-5-2/h7-8H,4-6H2,1-3H3,(H,13,15,17). The summed E-state index contributed by atoms with van der Waals surface area (Å²) >= 11 is 0. The molecule has 1 atom stereocenters. The summed E-state index contributed by atoms with van der Waals surface area (Å²) in [6, 6.07) is 0. The molecule has 100 valence electrons. The van der Waals surface area contributed by atoms with Crippen molar-refractivity contribution in [1.82, 2.24) is 9.55 Å². The summed E-state index contributed by atoms with van der Waals surface area (Å²) in [6.07, 6.45) is 2.03. The van der Waals surface area contributed by atoms with E-state index in [1.807, 2.05) is 6.92 Å². The van der Waals surface area contributed by atoms with Crippen LogP contribution >= 0.6 is 0 Å². The molecule has 6 heteroatoms. The Hall–Kier alpha value is -1.85. The van der Waals surface area contributed by atoms with E-state index in [0.29, 0.717) is 18.6 Å². The topological polar surface area (TPSA) is 81.2 Å². The lowest BCUT2D eigenvalue weighted by molar-refractivity contribution is -0.147. The Kier molecular flexibility index (Phi) is 4.88. The van der Waals surface area contributed by atoms with Crippen LogP contribution < -0.4 is 11.2 Å². The summed E-state index contributed by atoms with van der Waals surface area (Å²) in [6.45, 7) is 5.74. The number of aromatic nitrogens is 2. The van der Waals surface area contributed by atoms with Crippen LogP contribution in [0.2, 0.25) is 0 Å². The van der Waals surface area contributed by atoms with E-state index in [1.54, 1.807) is 13.8 Å². The van der Waals surface area contributed by atoms with Crippen LogP contribution in [0.5, 0.6) is 0 Å². The van der Waals surface area contributed by atoms with E-state index >= 15 is 0 Å². The van der Waals surface area contributed by atoms with E-state index < -0.39 is 11.6 Å². The number of rotatable bonds is 5. The van der Waals surface area contributed by atoms with Gasteiger partial charge in [0.1, 0.15) is 0 Å². The number of nitrogens with zero attached hydrogens (tertiary/aromatic N) is 1. The molecular formula is C12H18N2O4. The molecule has 0 saturated carbocycles. The van der Waals surface area contributed by atoms with Gasteiger partial charge < -0.3 is 4.74 Å². The molecule has 0 spiro atoms. The molecule has 0 bridgehead atoms. The highest BCUT2D eigenvalue weighted by atomic mass is 16.5. The molecule has 1 aromatic rings. The number of ether oxygens (including phenoxy) is 1. The van der Waals surface area contributed by atoms with Gasteiger partial charge in [-0.2, -0.15) is 0 Å². The van der Waals surface area contributed by atoms with Crippen LogP contribution in [0.15, 0.2) is 15.8 Å². The summed E-state index contributed by atoms with van der Waals surface area (Å²) in [5, 5.41) is 0. The molecule has 0 aliphatic heterocycles. The molecule has 0 fully saturated rings. The van der Waals surface area contributed by atoms with Crippen molar-refractivity contribution in [2.24, 2.45) is 5.92 Å². The number of H-pyrrole nitrogens is 1. The van der Waals surface area contributed by atoms with Crippen molar-refractivity contribution in [1.29, 1.82) is 0 Å². The van der Waals surface area contributed by atoms with Gasteiger partial charge in [0.25, 0.3) is 5.56 Å². The van der Waals surface area contributed by atoms with Crippen molar-refractivity contribution in [2.45, 2.75) is 33.7 Å². The number of aryl methyl sites for hydroxylation is 1. The quantitative estimate of drug-likeness (QED) is 0.766. The third-order valence-electron chi connectivity index (χ3n) is 2.63. The van der Waals surface area contributed by atoms with Crippen molar-refractivity contribution < 1.29 is 9.53 Å². The number of aromatic amines is 1. The molecule has 1 heterocycles. The Morgan fingerprint density at radius 1 is 1.44 bits per heavy atom. The predicted molar refractivity (Wildman–Crippen MR) is 66.5 cm³/mol. The molecule has 0 aliphatic rings. The maximum atomic E-state index is 11.6. The molecule has 1 aromatic heterocycles. The first-order valence-corrected chi connectivity index (χ1v) is 5.98. The molecule has 1 unspecified atom stereocenters. The van der Waals surface area contributed by atoms with E-state index in [9.17, 15) is 14.4 Å². The monoisotopic (exact) mass is 254 g/mol. The van der Waals surface area contributed by atoms with Gasteiger partial charge in [0.2, 0.25) is 0 Å². The van der Waals surface area contributed by atoms with Gasteiger partial charge in [-0.25, -0.2) is 4.79 Å². The zero-order valence-electron chi connectivity index (χ0n) is 10.9.